The number of unbranched alkanes of at least 4 members (excludes halogenated alkanes) is 12. The van der Waals surface area contributed by atoms with E-state index in [0.717, 1.165) is 25.7 Å². The van der Waals surface area contributed by atoms with Gasteiger partial charge < -0.3 is 13.9 Å². The summed E-state index contributed by atoms with van der Waals surface area (Å²) in [5.74, 6) is -0.338. The van der Waals surface area contributed by atoms with Crippen LogP contribution in [0.15, 0.2) is 24.8 Å². The summed E-state index contributed by atoms with van der Waals surface area (Å²) in [5, 5.41) is 0. The summed E-state index contributed by atoms with van der Waals surface area (Å²) in [6.07, 6.45) is 25.5. The molecule has 5 heteroatoms. The lowest BCUT2D eigenvalue weighted by Crippen LogP contribution is -2.45. The van der Waals surface area contributed by atoms with Gasteiger partial charge >= 0.3 is 7.60 Å². The molecule has 0 aromatic rings. The van der Waals surface area contributed by atoms with Gasteiger partial charge in [-0.25, -0.2) is 0 Å². The van der Waals surface area contributed by atoms with E-state index in [1.54, 1.807) is 0 Å². The van der Waals surface area contributed by atoms with Gasteiger partial charge in [0.1, 0.15) is 0 Å². The normalized spacial score (nSPS) is 15.3. The summed E-state index contributed by atoms with van der Waals surface area (Å²) >= 11 is 0. The van der Waals surface area contributed by atoms with Crippen LogP contribution in [-0.4, -0.2) is 42.9 Å². The maximum Gasteiger partial charge on any atom is 0.385 e. The molecule has 0 spiro atoms. The largest absolute Gasteiger partial charge is 0.385 e. The third kappa shape index (κ3) is 17.8. The SMILES string of the molecule is C=CCCCCC/C=C\CCCCCCCCCCOP(=O)(O)C(CCC)[N+](C)(C)C. The van der Waals surface area contributed by atoms with E-state index in [1.807, 2.05) is 34.1 Å². The highest BCUT2D eigenvalue weighted by atomic mass is 31.2. The molecule has 2 atom stereocenters. The fourth-order valence-electron chi connectivity index (χ4n) is 3.92. The molecular formula is C26H53NO3P+. The number of nitrogens with zero attached hydrogens (tertiary/aromatic N) is 1. The molecule has 0 heterocycles. The first-order valence-electron chi connectivity index (χ1n) is 12.8. The van der Waals surface area contributed by atoms with E-state index in [9.17, 15) is 9.46 Å². The van der Waals surface area contributed by atoms with Crippen molar-refractivity contribution >= 4 is 7.60 Å². The predicted octanol–water partition coefficient (Wildman–Crippen LogP) is 8.22. The number of allylic oxidation sites excluding steroid dienone is 3. The van der Waals surface area contributed by atoms with Gasteiger partial charge in [0.2, 0.25) is 0 Å². The van der Waals surface area contributed by atoms with Crippen molar-refractivity contribution in [3.63, 3.8) is 0 Å². The van der Waals surface area contributed by atoms with Crippen molar-refractivity contribution in [2.45, 2.75) is 115 Å². The molecule has 4 nitrogen and oxygen atoms in total. The Balaban J connectivity index is 3.57. The average Bonchev–Trinajstić information content (AvgIpc) is 2.70. The Labute approximate surface area is 194 Å². The van der Waals surface area contributed by atoms with Gasteiger partial charge in [0.25, 0.3) is 0 Å². The second-order valence-corrected chi connectivity index (χ2v) is 11.8. The Morgan fingerprint density at radius 1 is 0.839 bits per heavy atom. The van der Waals surface area contributed by atoms with Crippen LogP contribution >= 0.6 is 7.60 Å². The first-order valence-corrected chi connectivity index (χ1v) is 14.4. The highest BCUT2D eigenvalue weighted by Gasteiger charge is 2.41. The molecule has 31 heavy (non-hydrogen) atoms. The summed E-state index contributed by atoms with van der Waals surface area (Å²) in [6, 6.07) is 0. The molecule has 0 bridgehead atoms. The Morgan fingerprint density at radius 3 is 1.77 bits per heavy atom. The van der Waals surface area contributed by atoms with E-state index in [4.69, 9.17) is 4.52 Å². The van der Waals surface area contributed by atoms with Gasteiger partial charge in [-0.15, -0.1) is 6.58 Å². The Morgan fingerprint density at radius 2 is 1.29 bits per heavy atom. The van der Waals surface area contributed by atoms with Crippen molar-refractivity contribution in [1.29, 1.82) is 0 Å². The zero-order chi connectivity index (χ0) is 23.4. The first kappa shape index (κ1) is 30.6. The van der Waals surface area contributed by atoms with Crippen LogP contribution in [0.25, 0.3) is 0 Å². The third-order valence-electron chi connectivity index (χ3n) is 5.80. The zero-order valence-electron chi connectivity index (χ0n) is 21.2. The van der Waals surface area contributed by atoms with Crippen molar-refractivity contribution in [2.24, 2.45) is 0 Å². The van der Waals surface area contributed by atoms with Crippen LogP contribution < -0.4 is 0 Å². The lowest BCUT2D eigenvalue weighted by molar-refractivity contribution is -0.883. The summed E-state index contributed by atoms with van der Waals surface area (Å²) in [7, 11) is 2.34. The molecule has 0 fully saturated rings. The average molecular weight is 459 g/mol. The lowest BCUT2D eigenvalue weighted by Gasteiger charge is -2.35. The summed E-state index contributed by atoms with van der Waals surface area (Å²) in [5.41, 5.74) is 0. The molecule has 0 amide bonds. The van der Waals surface area contributed by atoms with Crippen LogP contribution in [-0.2, 0) is 9.09 Å². The Kier molecular flexibility index (Phi) is 18.8. The van der Waals surface area contributed by atoms with Crippen LogP contribution in [0.5, 0.6) is 0 Å². The molecule has 0 aromatic carbocycles. The molecular weight excluding hydrogens is 405 g/mol. The van der Waals surface area contributed by atoms with E-state index in [1.165, 1.54) is 70.6 Å². The van der Waals surface area contributed by atoms with E-state index in [-0.39, 0.29) is 5.78 Å². The minimum absolute atomic E-state index is 0.338. The van der Waals surface area contributed by atoms with E-state index in [2.05, 4.69) is 18.7 Å². The minimum Gasteiger partial charge on any atom is -0.320 e. The lowest BCUT2D eigenvalue weighted by atomic mass is 10.1. The van der Waals surface area contributed by atoms with Crippen LogP contribution in [0.2, 0.25) is 0 Å². The standard InChI is InChI=1S/C26H52NO3P/c1-6-8-9-10-11-12-13-14-15-16-17-18-19-20-21-22-23-25-30-31(28,29)26(24-7-2)27(3,4)5/h6,13-14,26H,1,7-12,15-25H2,2-5H3/p+1/b14-13-. The number of hydrogen-bond donors (Lipinski definition) is 1. The van der Waals surface area contributed by atoms with Crippen molar-refractivity contribution < 1.29 is 18.5 Å². The number of rotatable bonds is 22. The maximum atomic E-state index is 12.6. The van der Waals surface area contributed by atoms with Crippen LogP contribution in [0.3, 0.4) is 0 Å². The number of quaternary nitrogens is 1. The molecule has 1 N–H and O–H groups in total. The van der Waals surface area contributed by atoms with Gasteiger partial charge in [-0.05, 0) is 51.4 Å². The van der Waals surface area contributed by atoms with Crippen molar-refractivity contribution in [3.05, 3.63) is 24.8 Å². The Bertz CT molecular complexity index is 499. The summed E-state index contributed by atoms with van der Waals surface area (Å²) in [6.45, 7) is 6.21. The van der Waals surface area contributed by atoms with Crippen LogP contribution in [0, 0.1) is 0 Å². The highest BCUT2D eigenvalue weighted by Crippen LogP contribution is 2.51. The molecule has 0 saturated heterocycles. The van der Waals surface area contributed by atoms with Gasteiger partial charge in [-0.3, -0.25) is 4.57 Å². The monoisotopic (exact) mass is 458 g/mol. The van der Waals surface area contributed by atoms with Crippen LogP contribution in [0.1, 0.15) is 110 Å². The maximum absolute atomic E-state index is 12.6. The smallest absolute Gasteiger partial charge is 0.320 e. The molecule has 0 aromatic heterocycles. The second kappa shape index (κ2) is 19.1. The summed E-state index contributed by atoms with van der Waals surface area (Å²) < 4.78 is 18.6. The molecule has 184 valence electrons. The quantitative estimate of drug-likeness (QED) is 0.0769. The molecule has 0 aliphatic carbocycles. The molecule has 0 saturated carbocycles. The zero-order valence-corrected chi connectivity index (χ0v) is 22.1. The molecule has 0 aliphatic heterocycles. The number of hydrogen-bond acceptors (Lipinski definition) is 2. The van der Waals surface area contributed by atoms with E-state index < -0.39 is 7.60 Å². The third-order valence-corrected chi connectivity index (χ3v) is 8.06. The van der Waals surface area contributed by atoms with E-state index >= 15 is 0 Å². The predicted molar refractivity (Wildman–Crippen MR) is 136 cm³/mol. The van der Waals surface area contributed by atoms with Gasteiger partial charge in [0, 0.05) is 6.42 Å². The molecule has 0 aliphatic rings. The van der Waals surface area contributed by atoms with Gasteiger partial charge in [0.05, 0.1) is 27.7 Å². The van der Waals surface area contributed by atoms with E-state index in [0.29, 0.717) is 17.5 Å². The van der Waals surface area contributed by atoms with Crippen molar-refractivity contribution in [3.8, 4) is 0 Å². The van der Waals surface area contributed by atoms with Gasteiger partial charge in [-0.2, -0.15) is 0 Å². The van der Waals surface area contributed by atoms with Gasteiger partial charge in [-0.1, -0.05) is 70.1 Å². The fourth-order valence-corrected chi connectivity index (χ4v) is 5.94. The van der Waals surface area contributed by atoms with Gasteiger partial charge in [0.15, 0.2) is 5.78 Å². The molecule has 0 radical (unpaired) electrons. The minimum atomic E-state index is -3.57. The second-order valence-electron chi connectivity index (χ2n) is 9.80. The van der Waals surface area contributed by atoms with Crippen LogP contribution in [0.4, 0.5) is 0 Å². The summed E-state index contributed by atoms with van der Waals surface area (Å²) in [4.78, 5) is 10.4. The topological polar surface area (TPSA) is 46.5 Å². The first-order chi connectivity index (χ1) is 14.8. The Hall–Kier alpha value is -0.410. The molecule has 2 unspecified atom stereocenters. The van der Waals surface area contributed by atoms with Crippen molar-refractivity contribution in [2.75, 3.05) is 27.7 Å². The highest BCUT2D eigenvalue weighted by molar-refractivity contribution is 7.53. The fraction of sp³-hybridized carbons (Fsp3) is 0.846. The van der Waals surface area contributed by atoms with Crippen molar-refractivity contribution in [1.82, 2.24) is 0 Å². The molecule has 0 rings (SSSR count).